The predicted octanol–water partition coefficient (Wildman–Crippen LogP) is 2.64. The topological polar surface area (TPSA) is 168 Å². The van der Waals surface area contributed by atoms with Crippen molar-refractivity contribution >= 4 is 23.7 Å². The number of hydrogen-bond acceptors (Lipinski definition) is 9. The Balaban J connectivity index is 0. The molecule has 1 heterocycles. The van der Waals surface area contributed by atoms with Gasteiger partial charge in [-0.2, -0.15) is 0 Å². The molecule has 2 aromatic carbocycles. The molecule has 0 saturated heterocycles. The highest BCUT2D eigenvalue weighted by molar-refractivity contribution is 6.14. The zero-order valence-electron chi connectivity index (χ0n) is 20.0. The third-order valence-electron chi connectivity index (χ3n) is 4.58. The highest BCUT2D eigenvalue weighted by Gasteiger charge is 2.28. The second kappa shape index (κ2) is 18.8. The third-order valence-corrected chi connectivity index (χ3v) is 4.58. The van der Waals surface area contributed by atoms with Crippen LogP contribution in [-0.4, -0.2) is 72.4 Å². The Morgan fingerprint density at radius 3 is 1.78 bits per heavy atom. The number of cyclic esters (lactones) is 2. The molecule has 10 nitrogen and oxygen atoms in total. The molecular formula is C26H36O10. The molecule has 10 heteroatoms. The monoisotopic (exact) mass is 508 g/mol. The first-order chi connectivity index (χ1) is 16.3. The molecule has 1 aliphatic heterocycles. The summed E-state index contributed by atoms with van der Waals surface area (Å²) in [5.41, 5.74) is 1.40. The summed E-state index contributed by atoms with van der Waals surface area (Å²) in [5, 5.41) is 15.8. The molecule has 1 aliphatic rings. The summed E-state index contributed by atoms with van der Waals surface area (Å²) in [6.07, 6.45) is 1.15. The lowest BCUT2D eigenvalue weighted by Crippen LogP contribution is -2.21. The number of aliphatic hydroxyl groups excluding tert-OH is 2. The van der Waals surface area contributed by atoms with Gasteiger partial charge in [0.05, 0.1) is 22.8 Å². The van der Waals surface area contributed by atoms with Crippen LogP contribution in [0.1, 0.15) is 75.5 Å². The second-order valence-corrected chi connectivity index (χ2v) is 6.99. The maximum absolute atomic E-state index is 11.9. The van der Waals surface area contributed by atoms with Gasteiger partial charge >= 0.3 is 17.9 Å². The molecule has 1 atom stereocenters. The van der Waals surface area contributed by atoms with E-state index in [2.05, 4.69) is 4.74 Å². The van der Waals surface area contributed by atoms with Crippen molar-refractivity contribution in [3.05, 3.63) is 70.8 Å². The van der Waals surface area contributed by atoms with Gasteiger partial charge in [-0.15, -0.1) is 0 Å². The molecule has 1 unspecified atom stereocenters. The Morgan fingerprint density at radius 1 is 0.917 bits per heavy atom. The normalized spacial score (nSPS) is 11.6. The molecule has 0 aliphatic carbocycles. The van der Waals surface area contributed by atoms with E-state index in [0.29, 0.717) is 28.7 Å². The van der Waals surface area contributed by atoms with Crippen molar-refractivity contribution in [2.75, 3.05) is 26.9 Å². The minimum Gasteiger partial charge on any atom is -0.459 e. The van der Waals surface area contributed by atoms with Crippen LogP contribution in [0.5, 0.6) is 0 Å². The van der Waals surface area contributed by atoms with Crippen LogP contribution >= 0.6 is 0 Å². The van der Waals surface area contributed by atoms with Gasteiger partial charge in [0.2, 0.25) is 0 Å². The van der Waals surface area contributed by atoms with E-state index in [1.165, 1.54) is 6.92 Å². The summed E-state index contributed by atoms with van der Waals surface area (Å²) in [6.45, 7) is 3.76. The van der Waals surface area contributed by atoms with E-state index in [4.69, 9.17) is 19.7 Å². The van der Waals surface area contributed by atoms with Crippen molar-refractivity contribution < 1.29 is 49.1 Å². The number of ether oxygens (including phenoxy) is 3. The zero-order valence-corrected chi connectivity index (χ0v) is 20.0. The van der Waals surface area contributed by atoms with E-state index in [1.54, 1.807) is 55.6 Å². The third kappa shape index (κ3) is 10.9. The molecule has 0 fully saturated rings. The number of rotatable bonds is 8. The number of fused-ring (bicyclic) bond motifs is 1. The molecule has 0 saturated carbocycles. The SMILES string of the molecule is C.CCC(COC(=O)c1ccccc1C(C)=O)OC.O.O=C1OC(=O)c2ccccc21.OCCCO. The number of methoxy groups -OCH3 is 1. The zero-order chi connectivity index (χ0) is 25.5. The molecule has 0 bridgehead atoms. The van der Waals surface area contributed by atoms with Gasteiger partial charge in [0.25, 0.3) is 0 Å². The van der Waals surface area contributed by atoms with Crippen molar-refractivity contribution in [2.45, 2.75) is 40.2 Å². The van der Waals surface area contributed by atoms with Gasteiger partial charge < -0.3 is 29.9 Å². The Hall–Kier alpha value is -3.44. The summed E-state index contributed by atoms with van der Waals surface area (Å²) in [6, 6.07) is 13.2. The second-order valence-electron chi connectivity index (χ2n) is 6.99. The van der Waals surface area contributed by atoms with Crippen molar-refractivity contribution in [3.8, 4) is 0 Å². The number of carbonyl (C=O) groups excluding carboxylic acids is 4. The van der Waals surface area contributed by atoms with E-state index >= 15 is 0 Å². The van der Waals surface area contributed by atoms with E-state index in [-0.39, 0.29) is 44.6 Å². The van der Waals surface area contributed by atoms with Gasteiger partial charge in [0.15, 0.2) is 5.78 Å². The smallest absolute Gasteiger partial charge is 0.346 e. The highest BCUT2D eigenvalue weighted by atomic mass is 16.6. The van der Waals surface area contributed by atoms with Crippen LogP contribution < -0.4 is 0 Å². The quantitative estimate of drug-likeness (QED) is 0.309. The Morgan fingerprint density at radius 2 is 1.39 bits per heavy atom. The molecule has 0 aromatic heterocycles. The number of carbonyl (C=O) groups is 4. The summed E-state index contributed by atoms with van der Waals surface area (Å²) in [7, 11) is 1.57. The molecule has 0 spiro atoms. The summed E-state index contributed by atoms with van der Waals surface area (Å²) in [4.78, 5) is 44.9. The van der Waals surface area contributed by atoms with Crippen molar-refractivity contribution in [1.82, 2.24) is 0 Å². The molecule has 2 aromatic rings. The minimum atomic E-state index is -0.550. The fourth-order valence-corrected chi connectivity index (χ4v) is 2.67. The molecular weight excluding hydrogens is 472 g/mol. The number of hydrogen-bond donors (Lipinski definition) is 2. The standard InChI is InChI=1S/C14H18O4.C8H4O3.C3H8O2.CH4.H2O/c1-4-11(17-3)9-18-14(16)13-8-6-5-7-12(13)10(2)15;9-7-5-3-1-2-4-6(5)8(10)11-7;4-2-1-3-5;;/h5-8,11H,4,9H2,1-3H3;1-4H;4-5H,1-3H2;1H4;1H2. The van der Waals surface area contributed by atoms with Gasteiger partial charge in [0, 0.05) is 25.9 Å². The molecule has 3 rings (SSSR count). The fourth-order valence-electron chi connectivity index (χ4n) is 2.67. The lowest BCUT2D eigenvalue weighted by Gasteiger charge is -2.13. The minimum absolute atomic E-state index is 0. The van der Waals surface area contributed by atoms with E-state index < -0.39 is 17.9 Å². The van der Waals surface area contributed by atoms with Gasteiger partial charge in [-0.3, -0.25) is 4.79 Å². The maximum Gasteiger partial charge on any atom is 0.346 e. The van der Waals surface area contributed by atoms with Crippen LogP contribution in [0.25, 0.3) is 0 Å². The first-order valence-electron chi connectivity index (χ1n) is 10.7. The van der Waals surface area contributed by atoms with Gasteiger partial charge in [-0.25, -0.2) is 14.4 Å². The van der Waals surface area contributed by atoms with Gasteiger partial charge in [-0.05, 0) is 38.0 Å². The highest BCUT2D eigenvalue weighted by Crippen LogP contribution is 2.18. The van der Waals surface area contributed by atoms with Crippen molar-refractivity contribution in [2.24, 2.45) is 0 Å². The Labute approximate surface area is 211 Å². The first kappa shape index (κ1) is 34.7. The van der Waals surface area contributed by atoms with Gasteiger partial charge in [0.1, 0.15) is 6.61 Å². The number of esters is 3. The van der Waals surface area contributed by atoms with Crippen LogP contribution in [0.4, 0.5) is 0 Å². The largest absolute Gasteiger partial charge is 0.459 e. The van der Waals surface area contributed by atoms with E-state index in [1.807, 2.05) is 6.92 Å². The van der Waals surface area contributed by atoms with Gasteiger partial charge in [-0.1, -0.05) is 44.7 Å². The Kier molecular flexibility index (Phi) is 18.2. The first-order valence-corrected chi connectivity index (χ1v) is 10.7. The molecule has 36 heavy (non-hydrogen) atoms. The molecule has 0 amide bonds. The number of benzene rings is 2. The lowest BCUT2D eigenvalue weighted by molar-refractivity contribution is 0.00961. The number of ketones is 1. The molecule has 200 valence electrons. The fraction of sp³-hybridized carbons (Fsp3) is 0.385. The van der Waals surface area contributed by atoms with Crippen LogP contribution in [0, 0.1) is 0 Å². The average Bonchev–Trinajstić information content (AvgIpc) is 3.14. The number of Topliss-reactive ketones (excluding diaryl/α,β-unsaturated/α-hetero) is 1. The van der Waals surface area contributed by atoms with Crippen LogP contribution in [0.3, 0.4) is 0 Å². The Bertz CT molecular complexity index is 932. The summed E-state index contributed by atoms with van der Waals surface area (Å²) < 4.78 is 14.6. The molecule has 0 radical (unpaired) electrons. The van der Waals surface area contributed by atoms with Crippen LogP contribution in [0.15, 0.2) is 48.5 Å². The average molecular weight is 509 g/mol. The molecule has 4 N–H and O–H groups in total. The summed E-state index contributed by atoms with van der Waals surface area (Å²) >= 11 is 0. The van der Waals surface area contributed by atoms with Crippen LogP contribution in [-0.2, 0) is 14.2 Å². The summed E-state index contributed by atoms with van der Waals surface area (Å²) in [5.74, 6) is -1.74. The predicted molar refractivity (Wildman–Crippen MR) is 133 cm³/mol. The van der Waals surface area contributed by atoms with E-state index in [0.717, 1.165) is 6.42 Å². The van der Waals surface area contributed by atoms with Crippen LogP contribution in [0.2, 0.25) is 0 Å². The number of aliphatic hydroxyl groups is 2. The maximum atomic E-state index is 11.9. The van der Waals surface area contributed by atoms with Crippen molar-refractivity contribution in [3.63, 3.8) is 0 Å². The van der Waals surface area contributed by atoms with E-state index in [9.17, 15) is 19.2 Å². The lowest BCUT2D eigenvalue weighted by atomic mass is 10.0. The van der Waals surface area contributed by atoms with Crippen molar-refractivity contribution in [1.29, 1.82) is 0 Å².